The van der Waals surface area contributed by atoms with Crippen molar-refractivity contribution in [2.45, 2.75) is 18.7 Å². The zero-order valence-electron chi connectivity index (χ0n) is 9.70. The lowest BCUT2D eigenvalue weighted by molar-refractivity contribution is 0.0701. The van der Waals surface area contributed by atoms with Gasteiger partial charge in [-0.2, -0.15) is 0 Å². The molecule has 0 spiro atoms. The zero-order chi connectivity index (χ0) is 12.4. The second-order valence-corrected chi connectivity index (χ2v) is 5.10. The number of hydrogen-bond donors (Lipinski definition) is 0. The van der Waals surface area contributed by atoms with E-state index in [0.29, 0.717) is 18.0 Å². The number of carbonyl (C=O) groups excluding carboxylic acids is 1. The Morgan fingerprint density at radius 1 is 1.41 bits per heavy atom. The number of likely N-dealkylation sites (tertiary alicyclic amines) is 1. The summed E-state index contributed by atoms with van der Waals surface area (Å²) in [6, 6.07) is 5.63. The number of rotatable bonds is 1. The number of benzene rings is 1. The van der Waals surface area contributed by atoms with Gasteiger partial charge in [0.1, 0.15) is 5.82 Å². The highest BCUT2D eigenvalue weighted by Crippen LogP contribution is 2.23. The van der Waals surface area contributed by atoms with E-state index in [4.69, 9.17) is 11.6 Å². The van der Waals surface area contributed by atoms with E-state index in [0.717, 1.165) is 13.0 Å². The molecule has 0 aliphatic carbocycles. The van der Waals surface area contributed by atoms with Gasteiger partial charge in [0.05, 0.1) is 5.38 Å². The standard InChI is InChI=1S/C13H15ClFNO/c1-9-6-7-16(8-12(9)14)13(17)10-2-4-11(15)5-3-10/h2-5,9,12H,6-8H2,1H3. The minimum atomic E-state index is -0.330. The summed E-state index contributed by atoms with van der Waals surface area (Å²) < 4.78 is 12.8. The van der Waals surface area contributed by atoms with Gasteiger partial charge in [-0.05, 0) is 36.6 Å². The average Bonchev–Trinajstić information content (AvgIpc) is 2.33. The van der Waals surface area contributed by atoms with Crippen LogP contribution in [0.2, 0.25) is 0 Å². The van der Waals surface area contributed by atoms with Crippen LogP contribution in [-0.2, 0) is 0 Å². The van der Waals surface area contributed by atoms with E-state index in [-0.39, 0.29) is 17.1 Å². The first-order valence-electron chi connectivity index (χ1n) is 5.77. The topological polar surface area (TPSA) is 20.3 Å². The molecule has 92 valence electrons. The largest absolute Gasteiger partial charge is 0.337 e. The summed E-state index contributed by atoms with van der Waals surface area (Å²) in [7, 11) is 0. The maximum absolute atomic E-state index is 12.8. The minimum absolute atomic E-state index is 0.00754. The molecule has 17 heavy (non-hydrogen) atoms. The van der Waals surface area contributed by atoms with Crippen molar-refractivity contribution < 1.29 is 9.18 Å². The molecule has 0 bridgehead atoms. The summed E-state index contributed by atoms with van der Waals surface area (Å²) in [5.41, 5.74) is 0.518. The zero-order valence-corrected chi connectivity index (χ0v) is 10.5. The van der Waals surface area contributed by atoms with Crippen LogP contribution in [0.4, 0.5) is 4.39 Å². The van der Waals surface area contributed by atoms with Crippen molar-refractivity contribution in [1.82, 2.24) is 4.90 Å². The van der Waals surface area contributed by atoms with E-state index in [9.17, 15) is 9.18 Å². The van der Waals surface area contributed by atoms with Crippen molar-refractivity contribution in [3.8, 4) is 0 Å². The highest BCUT2D eigenvalue weighted by molar-refractivity contribution is 6.21. The average molecular weight is 256 g/mol. The maximum Gasteiger partial charge on any atom is 0.253 e. The second-order valence-electron chi connectivity index (χ2n) is 4.54. The van der Waals surface area contributed by atoms with Gasteiger partial charge in [0.2, 0.25) is 0 Å². The van der Waals surface area contributed by atoms with Crippen LogP contribution in [0.3, 0.4) is 0 Å². The number of alkyl halides is 1. The highest BCUT2D eigenvalue weighted by atomic mass is 35.5. The van der Waals surface area contributed by atoms with E-state index in [1.165, 1.54) is 24.3 Å². The van der Waals surface area contributed by atoms with Crippen molar-refractivity contribution in [3.05, 3.63) is 35.6 Å². The van der Waals surface area contributed by atoms with Gasteiger partial charge in [0, 0.05) is 18.7 Å². The Bertz CT molecular complexity index is 406. The first kappa shape index (κ1) is 12.4. The molecule has 0 radical (unpaired) electrons. The normalized spacial score (nSPS) is 24.8. The predicted molar refractivity (Wildman–Crippen MR) is 65.7 cm³/mol. The summed E-state index contributed by atoms with van der Waals surface area (Å²) in [5.74, 6) is 0.0421. The molecule has 2 rings (SSSR count). The van der Waals surface area contributed by atoms with Gasteiger partial charge in [0.15, 0.2) is 0 Å². The molecule has 1 aromatic carbocycles. The van der Waals surface area contributed by atoms with Crippen molar-refractivity contribution in [2.75, 3.05) is 13.1 Å². The molecule has 1 aliphatic rings. The molecule has 1 heterocycles. The summed E-state index contributed by atoms with van der Waals surface area (Å²) >= 11 is 6.16. The smallest absolute Gasteiger partial charge is 0.253 e. The van der Waals surface area contributed by atoms with Crippen LogP contribution in [0, 0.1) is 11.7 Å². The summed E-state index contributed by atoms with van der Waals surface area (Å²) in [4.78, 5) is 13.8. The Hall–Kier alpha value is -1.09. The van der Waals surface area contributed by atoms with Crippen molar-refractivity contribution >= 4 is 17.5 Å². The van der Waals surface area contributed by atoms with Crippen LogP contribution in [0.15, 0.2) is 24.3 Å². The first-order valence-corrected chi connectivity index (χ1v) is 6.20. The number of nitrogens with zero attached hydrogens (tertiary/aromatic N) is 1. The molecular weight excluding hydrogens is 241 g/mol. The molecule has 1 saturated heterocycles. The number of piperidine rings is 1. The van der Waals surface area contributed by atoms with Gasteiger partial charge in [-0.25, -0.2) is 4.39 Å². The molecule has 0 aromatic heterocycles. The van der Waals surface area contributed by atoms with Crippen LogP contribution in [-0.4, -0.2) is 29.3 Å². The summed E-state index contributed by atoms with van der Waals surface area (Å²) in [6.07, 6.45) is 0.918. The molecule has 2 unspecified atom stereocenters. The lowest BCUT2D eigenvalue weighted by Gasteiger charge is -2.34. The molecule has 0 N–H and O–H groups in total. The summed E-state index contributed by atoms with van der Waals surface area (Å²) in [5, 5.41) is 0.00754. The van der Waals surface area contributed by atoms with Gasteiger partial charge in [-0.15, -0.1) is 11.6 Å². The Morgan fingerprint density at radius 3 is 2.65 bits per heavy atom. The highest BCUT2D eigenvalue weighted by Gasteiger charge is 2.27. The van der Waals surface area contributed by atoms with Crippen LogP contribution in [0.25, 0.3) is 0 Å². The monoisotopic (exact) mass is 255 g/mol. The molecule has 1 amide bonds. The first-order chi connectivity index (χ1) is 8.08. The summed E-state index contributed by atoms with van der Waals surface area (Å²) in [6.45, 7) is 3.39. The van der Waals surface area contributed by atoms with Gasteiger partial charge >= 0.3 is 0 Å². The van der Waals surface area contributed by atoms with E-state index < -0.39 is 0 Å². The number of hydrogen-bond acceptors (Lipinski definition) is 1. The molecule has 2 atom stereocenters. The van der Waals surface area contributed by atoms with E-state index in [1.54, 1.807) is 4.90 Å². The maximum atomic E-state index is 12.8. The number of halogens is 2. The SMILES string of the molecule is CC1CCN(C(=O)c2ccc(F)cc2)CC1Cl. The molecule has 1 fully saturated rings. The fourth-order valence-corrected chi connectivity index (χ4v) is 2.27. The Kier molecular flexibility index (Phi) is 3.67. The van der Waals surface area contributed by atoms with Crippen molar-refractivity contribution in [3.63, 3.8) is 0 Å². The predicted octanol–water partition coefficient (Wildman–Crippen LogP) is 2.92. The third kappa shape index (κ3) is 2.78. The Morgan fingerprint density at radius 2 is 2.06 bits per heavy atom. The van der Waals surface area contributed by atoms with Gasteiger partial charge in [-0.1, -0.05) is 6.92 Å². The minimum Gasteiger partial charge on any atom is -0.337 e. The number of carbonyl (C=O) groups is 1. The Labute approximate surface area is 105 Å². The van der Waals surface area contributed by atoms with Crippen LogP contribution in [0.5, 0.6) is 0 Å². The van der Waals surface area contributed by atoms with Gasteiger partial charge in [0.25, 0.3) is 5.91 Å². The molecule has 0 saturated carbocycles. The fraction of sp³-hybridized carbons (Fsp3) is 0.462. The molecule has 2 nitrogen and oxygen atoms in total. The molecule has 1 aromatic rings. The lowest BCUT2D eigenvalue weighted by Crippen LogP contribution is -2.43. The molecule has 4 heteroatoms. The van der Waals surface area contributed by atoms with Crippen molar-refractivity contribution in [2.24, 2.45) is 5.92 Å². The second kappa shape index (κ2) is 5.05. The molecule has 1 aliphatic heterocycles. The lowest BCUT2D eigenvalue weighted by atomic mass is 9.98. The quantitative estimate of drug-likeness (QED) is 0.707. The van der Waals surface area contributed by atoms with E-state index >= 15 is 0 Å². The van der Waals surface area contributed by atoms with Crippen LogP contribution in [0.1, 0.15) is 23.7 Å². The van der Waals surface area contributed by atoms with Gasteiger partial charge < -0.3 is 4.90 Å². The molecular formula is C13H15ClFNO. The van der Waals surface area contributed by atoms with Crippen molar-refractivity contribution in [1.29, 1.82) is 0 Å². The van der Waals surface area contributed by atoms with E-state index in [2.05, 4.69) is 6.92 Å². The third-order valence-electron chi connectivity index (χ3n) is 3.24. The fourth-order valence-electron chi connectivity index (χ4n) is 1.98. The van der Waals surface area contributed by atoms with Crippen LogP contribution < -0.4 is 0 Å². The Balaban J connectivity index is 2.08. The van der Waals surface area contributed by atoms with Crippen LogP contribution >= 0.6 is 11.6 Å². The third-order valence-corrected chi connectivity index (χ3v) is 3.81. The van der Waals surface area contributed by atoms with Gasteiger partial charge in [-0.3, -0.25) is 4.79 Å². The number of amides is 1. The van der Waals surface area contributed by atoms with E-state index in [1.807, 2.05) is 0 Å².